The minimum atomic E-state index is -0.595. The predicted octanol–water partition coefficient (Wildman–Crippen LogP) is 3.46. The van der Waals surface area contributed by atoms with E-state index in [0.717, 1.165) is 6.42 Å². The highest BCUT2D eigenvalue weighted by Gasteiger charge is 2.40. The Balaban J connectivity index is 2.88. The summed E-state index contributed by atoms with van der Waals surface area (Å²) in [6, 6.07) is 4.15. The summed E-state index contributed by atoms with van der Waals surface area (Å²) in [5.41, 5.74) is -0.520. The van der Waals surface area contributed by atoms with E-state index in [-0.39, 0.29) is 24.1 Å². The molecule has 3 atom stereocenters. The molecular weight excluding hydrogens is 266 g/mol. The molecule has 1 aliphatic rings. The summed E-state index contributed by atoms with van der Waals surface area (Å²) in [6.07, 6.45) is 1.85. The van der Waals surface area contributed by atoms with Gasteiger partial charge >= 0.3 is 6.09 Å². The first-order valence-corrected chi connectivity index (χ1v) is 7.54. The molecule has 5 nitrogen and oxygen atoms in total. The molecule has 0 aromatic heterocycles. The van der Waals surface area contributed by atoms with Gasteiger partial charge in [0.15, 0.2) is 0 Å². The quantitative estimate of drug-likeness (QED) is 0.780. The van der Waals surface area contributed by atoms with E-state index in [9.17, 15) is 4.79 Å². The number of rotatable bonds is 2. The van der Waals surface area contributed by atoms with E-state index >= 15 is 0 Å². The van der Waals surface area contributed by atoms with Crippen LogP contribution in [0.25, 0.3) is 0 Å². The van der Waals surface area contributed by atoms with Crippen molar-refractivity contribution in [3.63, 3.8) is 0 Å². The van der Waals surface area contributed by atoms with E-state index in [1.54, 1.807) is 4.90 Å². The summed E-state index contributed by atoms with van der Waals surface area (Å²) in [5.74, 6) is -0.569. The fourth-order valence-corrected chi connectivity index (χ4v) is 2.99. The largest absolute Gasteiger partial charge is 0.444 e. The fourth-order valence-electron chi connectivity index (χ4n) is 2.99. The molecule has 3 unspecified atom stereocenters. The molecule has 0 aromatic rings. The Morgan fingerprint density at radius 1 is 1.33 bits per heavy atom. The minimum absolute atomic E-state index is 0.0206. The first kappa shape index (κ1) is 17.3. The van der Waals surface area contributed by atoms with Crippen LogP contribution in [-0.4, -0.2) is 28.7 Å². The van der Waals surface area contributed by atoms with Crippen molar-refractivity contribution in [2.45, 2.75) is 71.6 Å². The minimum Gasteiger partial charge on any atom is -0.444 e. The van der Waals surface area contributed by atoms with E-state index < -0.39 is 11.5 Å². The van der Waals surface area contributed by atoms with Crippen LogP contribution in [0.15, 0.2) is 0 Å². The third kappa shape index (κ3) is 4.36. The zero-order valence-electron chi connectivity index (χ0n) is 13.6. The van der Waals surface area contributed by atoms with Crippen molar-refractivity contribution >= 4 is 6.09 Å². The van der Waals surface area contributed by atoms with Crippen LogP contribution in [-0.2, 0) is 4.74 Å². The first-order valence-electron chi connectivity index (χ1n) is 7.54. The van der Waals surface area contributed by atoms with Gasteiger partial charge in [0.1, 0.15) is 11.5 Å². The summed E-state index contributed by atoms with van der Waals surface area (Å²) in [5, 5.41) is 18.1. The first-order chi connectivity index (χ1) is 9.73. The average Bonchev–Trinajstić information content (AvgIpc) is 2.37. The lowest BCUT2D eigenvalue weighted by Gasteiger charge is -2.44. The van der Waals surface area contributed by atoms with Crippen molar-refractivity contribution < 1.29 is 9.53 Å². The van der Waals surface area contributed by atoms with E-state index in [1.807, 2.05) is 34.6 Å². The molecule has 0 aromatic carbocycles. The standard InChI is InChI=1S/C16H25N3O2/c1-6-14-8-12(13(9-17)10-18)7-11(2)19(14)15(20)21-16(3,4)5/h11-14H,6-8H2,1-5H3. The Hall–Kier alpha value is -1.75. The lowest BCUT2D eigenvalue weighted by atomic mass is 9.79. The van der Waals surface area contributed by atoms with Crippen molar-refractivity contribution in [1.29, 1.82) is 10.5 Å². The van der Waals surface area contributed by atoms with Crippen molar-refractivity contribution in [1.82, 2.24) is 4.90 Å². The van der Waals surface area contributed by atoms with Crippen LogP contribution < -0.4 is 0 Å². The normalized spacial score (nSPS) is 26.1. The van der Waals surface area contributed by atoms with Crippen LogP contribution >= 0.6 is 0 Å². The van der Waals surface area contributed by atoms with Gasteiger partial charge in [0.2, 0.25) is 0 Å². The summed E-state index contributed by atoms with van der Waals surface area (Å²) < 4.78 is 5.49. The fraction of sp³-hybridized carbons (Fsp3) is 0.812. The van der Waals surface area contributed by atoms with Gasteiger partial charge in [-0.25, -0.2) is 4.79 Å². The zero-order chi connectivity index (χ0) is 16.2. The van der Waals surface area contributed by atoms with Gasteiger partial charge in [0, 0.05) is 12.1 Å². The van der Waals surface area contributed by atoms with Crippen LogP contribution in [0.1, 0.15) is 53.9 Å². The number of likely N-dealkylation sites (tertiary alicyclic amines) is 1. The van der Waals surface area contributed by atoms with Crippen LogP contribution in [0.5, 0.6) is 0 Å². The van der Waals surface area contributed by atoms with E-state index in [1.165, 1.54) is 0 Å². The molecular formula is C16H25N3O2. The number of piperidine rings is 1. The molecule has 1 heterocycles. The maximum absolute atomic E-state index is 12.4. The van der Waals surface area contributed by atoms with Gasteiger partial charge in [0.25, 0.3) is 0 Å². The van der Waals surface area contributed by atoms with Crippen LogP contribution in [0.3, 0.4) is 0 Å². The lowest BCUT2D eigenvalue weighted by molar-refractivity contribution is -0.0125. The molecule has 0 radical (unpaired) electrons. The number of hydrogen-bond donors (Lipinski definition) is 0. The Morgan fingerprint density at radius 3 is 2.33 bits per heavy atom. The molecule has 1 saturated heterocycles. The van der Waals surface area contributed by atoms with Crippen molar-refractivity contribution in [2.75, 3.05) is 0 Å². The number of hydrogen-bond acceptors (Lipinski definition) is 4. The molecule has 1 aliphatic heterocycles. The van der Waals surface area contributed by atoms with Crippen LogP contribution in [0, 0.1) is 34.5 Å². The molecule has 0 aliphatic carbocycles. The molecule has 1 fully saturated rings. The second-order valence-electron chi connectivity index (χ2n) is 6.77. The number of carbonyl (C=O) groups is 1. The third-order valence-electron chi connectivity index (χ3n) is 3.91. The summed E-state index contributed by atoms with van der Waals surface area (Å²) in [6.45, 7) is 9.54. The summed E-state index contributed by atoms with van der Waals surface area (Å²) >= 11 is 0. The molecule has 0 saturated carbocycles. The van der Waals surface area contributed by atoms with E-state index in [2.05, 4.69) is 12.1 Å². The van der Waals surface area contributed by atoms with E-state index in [4.69, 9.17) is 15.3 Å². The number of ether oxygens (including phenoxy) is 1. The van der Waals surface area contributed by atoms with Gasteiger partial charge in [-0.2, -0.15) is 10.5 Å². The van der Waals surface area contributed by atoms with E-state index in [0.29, 0.717) is 12.8 Å². The van der Waals surface area contributed by atoms with Crippen molar-refractivity contribution in [3.05, 3.63) is 0 Å². The van der Waals surface area contributed by atoms with Gasteiger partial charge in [-0.05, 0) is 52.9 Å². The highest BCUT2D eigenvalue weighted by molar-refractivity contribution is 5.69. The Labute approximate surface area is 127 Å². The molecule has 5 heteroatoms. The molecule has 0 bridgehead atoms. The Morgan fingerprint density at radius 2 is 1.90 bits per heavy atom. The molecule has 1 amide bonds. The molecule has 0 spiro atoms. The SMILES string of the molecule is CCC1CC(C(C#N)C#N)CC(C)N1C(=O)OC(C)(C)C. The molecule has 1 rings (SSSR count). The number of amides is 1. The van der Waals surface area contributed by atoms with Gasteiger partial charge in [-0.3, -0.25) is 0 Å². The van der Waals surface area contributed by atoms with Crippen LogP contribution in [0.4, 0.5) is 4.79 Å². The second-order valence-corrected chi connectivity index (χ2v) is 6.77. The van der Waals surface area contributed by atoms with Crippen molar-refractivity contribution in [3.8, 4) is 12.1 Å². The maximum atomic E-state index is 12.4. The lowest BCUT2D eigenvalue weighted by Crippen LogP contribution is -2.53. The highest BCUT2D eigenvalue weighted by Crippen LogP contribution is 2.34. The topological polar surface area (TPSA) is 77.1 Å². The molecule has 116 valence electrons. The number of nitrogens with zero attached hydrogens (tertiary/aromatic N) is 3. The highest BCUT2D eigenvalue weighted by atomic mass is 16.6. The predicted molar refractivity (Wildman–Crippen MR) is 79.1 cm³/mol. The van der Waals surface area contributed by atoms with Gasteiger partial charge in [-0.15, -0.1) is 0 Å². The zero-order valence-corrected chi connectivity index (χ0v) is 13.6. The van der Waals surface area contributed by atoms with Gasteiger partial charge in [-0.1, -0.05) is 6.92 Å². The molecule has 0 N–H and O–H groups in total. The van der Waals surface area contributed by atoms with Crippen molar-refractivity contribution in [2.24, 2.45) is 11.8 Å². The third-order valence-corrected chi connectivity index (χ3v) is 3.91. The number of carbonyl (C=O) groups excluding carboxylic acids is 1. The van der Waals surface area contributed by atoms with Gasteiger partial charge in [0.05, 0.1) is 12.1 Å². The monoisotopic (exact) mass is 291 g/mol. The Bertz CT molecular complexity index is 442. The average molecular weight is 291 g/mol. The summed E-state index contributed by atoms with van der Waals surface area (Å²) in [7, 11) is 0. The Kier molecular flexibility index (Phi) is 5.61. The second kappa shape index (κ2) is 6.80. The maximum Gasteiger partial charge on any atom is 0.410 e. The number of nitriles is 2. The van der Waals surface area contributed by atoms with Gasteiger partial charge < -0.3 is 9.64 Å². The smallest absolute Gasteiger partial charge is 0.410 e. The van der Waals surface area contributed by atoms with Crippen LogP contribution in [0.2, 0.25) is 0 Å². The molecule has 21 heavy (non-hydrogen) atoms. The summed E-state index contributed by atoms with van der Waals surface area (Å²) in [4.78, 5) is 14.2.